The fourth-order valence-electron chi connectivity index (χ4n) is 3.29. The molecule has 0 spiro atoms. The molecule has 0 aliphatic rings. The Morgan fingerprint density at radius 3 is 2.28 bits per heavy atom. The number of hydrogen-bond donors (Lipinski definition) is 0. The molecule has 2 aromatic heterocycles. The average molecular weight is 389 g/mol. The Labute approximate surface area is 170 Å². The van der Waals surface area contributed by atoms with E-state index in [-0.39, 0.29) is 5.82 Å². The Kier molecular flexibility index (Phi) is 5.32. The van der Waals surface area contributed by atoms with Crippen LogP contribution >= 0.6 is 0 Å². The highest BCUT2D eigenvalue weighted by Crippen LogP contribution is 2.28. The minimum Gasteiger partial charge on any atom is -0.458 e. The second-order valence-electron chi connectivity index (χ2n) is 7.23. The molecule has 0 saturated heterocycles. The predicted molar refractivity (Wildman–Crippen MR) is 113 cm³/mol. The first-order valence-corrected chi connectivity index (χ1v) is 9.74. The van der Waals surface area contributed by atoms with E-state index in [1.807, 2.05) is 54.1 Å². The van der Waals surface area contributed by atoms with Gasteiger partial charge in [-0.2, -0.15) is 5.10 Å². The van der Waals surface area contributed by atoms with Gasteiger partial charge in [0.15, 0.2) is 5.76 Å². The topological polar surface area (TPSA) is 34.2 Å². The molecule has 2 aromatic carbocycles. The maximum atomic E-state index is 13.2. The SMILES string of the molecule is CCN(C)Cc1ccc(-c2cc(C)nn2-c2ccc(-c3ccc(F)cc3)cc2)o1. The second-order valence-corrected chi connectivity index (χ2v) is 7.23. The largest absolute Gasteiger partial charge is 0.458 e. The molecule has 148 valence electrons. The van der Waals surface area contributed by atoms with E-state index in [2.05, 4.69) is 24.0 Å². The molecule has 0 amide bonds. The molecule has 0 saturated carbocycles. The number of aromatic nitrogens is 2. The van der Waals surface area contributed by atoms with E-state index in [1.165, 1.54) is 12.1 Å². The van der Waals surface area contributed by atoms with Gasteiger partial charge < -0.3 is 4.42 Å². The van der Waals surface area contributed by atoms with Crippen molar-refractivity contribution >= 4 is 0 Å². The standard InChI is InChI=1S/C24H24FN3O/c1-4-27(3)16-22-13-14-24(29-22)23-15-17(2)26-28(23)21-11-7-19(8-12-21)18-5-9-20(25)10-6-18/h5-15H,4,16H2,1-3H3. The van der Waals surface area contributed by atoms with Crippen LogP contribution in [-0.4, -0.2) is 28.3 Å². The van der Waals surface area contributed by atoms with Gasteiger partial charge in [-0.1, -0.05) is 31.2 Å². The third kappa shape index (κ3) is 4.15. The number of hydrogen-bond acceptors (Lipinski definition) is 3. The van der Waals surface area contributed by atoms with E-state index in [0.29, 0.717) is 0 Å². The molecule has 5 heteroatoms. The Hall–Kier alpha value is -3.18. The highest BCUT2D eigenvalue weighted by atomic mass is 19.1. The molecule has 4 aromatic rings. The quantitative estimate of drug-likeness (QED) is 0.424. The van der Waals surface area contributed by atoms with Gasteiger partial charge in [-0.3, -0.25) is 4.90 Å². The summed E-state index contributed by atoms with van der Waals surface area (Å²) in [6.07, 6.45) is 0. The number of aryl methyl sites for hydroxylation is 1. The Morgan fingerprint density at radius 2 is 1.62 bits per heavy atom. The molecular weight excluding hydrogens is 365 g/mol. The first-order chi connectivity index (χ1) is 14.0. The molecular formula is C24H24FN3O. The summed E-state index contributed by atoms with van der Waals surface area (Å²) in [6, 6.07) is 20.6. The van der Waals surface area contributed by atoms with Crippen molar-refractivity contribution in [2.24, 2.45) is 0 Å². The van der Waals surface area contributed by atoms with Crippen molar-refractivity contribution in [2.45, 2.75) is 20.4 Å². The molecule has 0 atom stereocenters. The molecule has 4 nitrogen and oxygen atoms in total. The zero-order valence-corrected chi connectivity index (χ0v) is 16.9. The van der Waals surface area contributed by atoms with E-state index in [9.17, 15) is 4.39 Å². The first-order valence-electron chi connectivity index (χ1n) is 9.74. The third-order valence-electron chi connectivity index (χ3n) is 5.00. The van der Waals surface area contributed by atoms with Crippen LogP contribution in [0, 0.1) is 12.7 Å². The van der Waals surface area contributed by atoms with Crippen molar-refractivity contribution < 1.29 is 8.81 Å². The van der Waals surface area contributed by atoms with Crippen molar-refractivity contribution in [1.82, 2.24) is 14.7 Å². The van der Waals surface area contributed by atoms with Crippen LogP contribution < -0.4 is 0 Å². The molecule has 0 bridgehead atoms. The van der Waals surface area contributed by atoms with Gasteiger partial charge in [0.2, 0.25) is 0 Å². The highest BCUT2D eigenvalue weighted by molar-refractivity contribution is 5.65. The molecule has 0 radical (unpaired) electrons. The van der Waals surface area contributed by atoms with Crippen molar-refractivity contribution in [1.29, 1.82) is 0 Å². The van der Waals surface area contributed by atoms with Crippen LogP contribution in [-0.2, 0) is 6.54 Å². The zero-order valence-electron chi connectivity index (χ0n) is 16.9. The summed E-state index contributed by atoms with van der Waals surface area (Å²) in [5, 5.41) is 4.65. The second kappa shape index (κ2) is 8.05. The minimum atomic E-state index is -0.232. The summed E-state index contributed by atoms with van der Waals surface area (Å²) in [7, 11) is 2.07. The van der Waals surface area contributed by atoms with E-state index in [4.69, 9.17) is 4.42 Å². The smallest absolute Gasteiger partial charge is 0.152 e. The lowest BCUT2D eigenvalue weighted by atomic mass is 10.1. The maximum absolute atomic E-state index is 13.2. The van der Waals surface area contributed by atoms with Gasteiger partial charge in [-0.25, -0.2) is 9.07 Å². The maximum Gasteiger partial charge on any atom is 0.152 e. The van der Waals surface area contributed by atoms with Crippen LogP contribution in [0.1, 0.15) is 18.4 Å². The Bertz CT molecular complexity index is 1090. The van der Waals surface area contributed by atoms with Crippen molar-refractivity contribution in [3.8, 4) is 28.3 Å². The number of rotatable bonds is 6. The summed E-state index contributed by atoms with van der Waals surface area (Å²) in [6.45, 7) is 5.84. The van der Waals surface area contributed by atoms with Gasteiger partial charge in [0.05, 0.1) is 17.9 Å². The molecule has 0 aliphatic heterocycles. The average Bonchev–Trinajstić information content (AvgIpc) is 3.35. The van der Waals surface area contributed by atoms with Crippen LogP contribution in [0.2, 0.25) is 0 Å². The van der Waals surface area contributed by atoms with Gasteiger partial charge in [-0.15, -0.1) is 0 Å². The van der Waals surface area contributed by atoms with Crippen LogP contribution in [0.4, 0.5) is 4.39 Å². The fourth-order valence-corrected chi connectivity index (χ4v) is 3.29. The van der Waals surface area contributed by atoms with E-state index in [1.54, 1.807) is 12.1 Å². The van der Waals surface area contributed by atoms with Gasteiger partial charge in [-0.05, 0) is 74.1 Å². The van der Waals surface area contributed by atoms with Crippen LogP contribution in [0.5, 0.6) is 0 Å². The molecule has 0 fully saturated rings. The first kappa shape index (κ1) is 19.2. The number of furan rings is 1. The van der Waals surface area contributed by atoms with Crippen molar-refractivity contribution in [3.05, 3.63) is 84.0 Å². The van der Waals surface area contributed by atoms with Gasteiger partial charge in [0.25, 0.3) is 0 Å². The van der Waals surface area contributed by atoms with Crippen molar-refractivity contribution in [2.75, 3.05) is 13.6 Å². The summed E-state index contributed by atoms with van der Waals surface area (Å²) in [5.74, 6) is 1.50. The zero-order chi connectivity index (χ0) is 20.4. The summed E-state index contributed by atoms with van der Waals surface area (Å²) in [4.78, 5) is 2.19. The Morgan fingerprint density at radius 1 is 0.966 bits per heavy atom. The Balaban J connectivity index is 1.64. The van der Waals surface area contributed by atoms with Crippen LogP contribution in [0.15, 0.2) is 71.1 Å². The van der Waals surface area contributed by atoms with Gasteiger partial charge >= 0.3 is 0 Å². The number of benzene rings is 2. The predicted octanol–water partition coefficient (Wildman–Crippen LogP) is 5.70. The molecule has 2 heterocycles. The normalized spacial score (nSPS) is 11.3. The lowest BCUT2D eigenvalue weighted by molar-refractivity contribution is 0.311. The molecule has 0 aliphatic carbocycles. The van der Waals surface area contributed by atoms with E-state index in [0.717, 1.165) is 52.8 Å². The van der Waals surface area contributed by atoms with Crippen LogP contribution in [0.25, 0.3) is 28.3 Å². The fraction of sp³-hybridized carbons (Fsp3) is 0.208. The molecule has 0 N–H and O–H groups in total. The molecule has 0 unspecified atom stereocenters. The number of nitrogens with zero attached hydrogens (tertiary/aromatic N) is 3. The van der Waals surface area contributed by atoms with Gasteiger partial charge in [0, 0.05) is 0 Å². The summed E-state index contributed by atoms with van der Waals surface area (Å²) in [5.41, 5.74) is 4.80. The van der Waals surface area contributed by atoms with Crippen molar-refractivity contribution in [3.63, 3.8) is 0 Å². The lowest BCUT2D eigenvalue weighted by Crippen LogP contribution is -2.16. The third-order valence-corrected chi connectivity index (χ3v) is 5.00. The monoisotopic (exact) mass is 389 g/mol. The van der Waals surface area contributed by atoms with Crippen LogP contribution in [0.3, 0.4) is 0 Å². The molecule has 29 heavy (non-hydrogen) atoms. The summed E-state index contributed by atoms with van der Waals surface area (Å²) >= 11 is 0. The van der Waals surface area contributed by atoms with E-state index < -0.39 is 0 Å². The highest BCUT2D eigenvalue weighted by Gasteiger charge is 2.14. The van der Waals surface area contributed by atoms with Gasteiger partial charge in [0.1, 0.15) is 17.3 Å². The summed E-state index contributed by atoms with van der Waals surface area (Å²) < 4.78 is 21.1. The number of halogens is 1. The van der Waals surface area contributed by atoms with E-state index >= 15 is 0 Å². The molecule has 4 rings (SSSR count). The lowest BCUT2D eigenvalue weighted by Gasteiger charge is -2.11. The minimum absolute atomic E-state index is 0.232.